The van der Waals surface area contributed by atoms with Crippen molar-refractivity contribution in [2.24, 2.45) is 7.05 Å². The first-order valence-corrected chi connectivity index (χ1v) is 7.89. The molecule has 3 heterocycles. The summed E-state index contributed by atoms with van der Waals surface area (Å²) in [7, 11) is 1.90. The molecule has 0 spiro atoms. The Labute approximate surface area is 122 Å². The molecule has 1 saturated heterocycles. The predicted molar refractivity (Wildman–Crippen MR) is 81.3 cm³/mol. The van der Waals surface area contributed by atoms with E-state index in [1.54, 1.807) is 16.0 Å². The second-order valence-corrected chi connectivity index (χ2v) is 6.42. The molecular formula is C13H21N5OS. The third-order valence-corrected chi connectivity index (χ3v) is 4.81. The van der Waals surface area contributed by atoms with Crippen LogP contribution in [0.25, 0.3) is 10.3 Å². The molecule has 1 aliphatic heterocycles. The molecule has 0 unspecified atom stereocenters. The molecule has 7 heteroatoms. The maximum atomic E-state index is 10.1. The molecule has 0 aromatic carbocycles. The molecule has 2 aromatic heterocycles. The zero-order valence-electron chi connectivity index (χ0n) is 12.0. The Balaban J connectivity index is 1.57. The zero-order valence-corrected chi connectivity index (χ0v) is 12.8. The van der Waals surface area contributed by atoms with Crippen LogP contribution < -0.4 is 5.32 Å². The molecule has 6 nitrogen and oxygen atoms in total. The highest BCUT2D eigenvalue weighted by atomic mass is 32.1. The number of fused-ring (bicyclic) bond motifs is 1. The Hall–Kier alpha value is -1.18. The molecule has 1 fully saturated rings. The van der Waals surface area contributed by atoms with Crippen LogP contribution in [0.3, 0.4) is 0 Å². The van der Waals surface area contributed by atoms with Crippen molar-refractivity contribution in [3.8, 4) is 0 Å². The number of anilines is 1. The van der Waals surface area contributed by atoms with Crippen LogP contribution in [0.4, 0.5) is 5.13 Å². The van der Waals surface area contributed by atoms with Gasteiger partial charge >= 0.3 is 0 Å². The fourth-order valence-electron chi connectivity index (χ4n) is 2.69. The minimum atomic E-state index is -0.348. The van der Waals surface area contributed by atoms with Crippen LogP contribution in [-0.2, 0) is 7.05 Å². The molecule has 2 N–H and O–H groups in total. The van der Waals surface area contributed by atoms with Gasteiger partial charge in [-0.25, -0.2) is 9.67 Å². The number of nitrogens with zero attached hydrogens (tertiary/aromatic N) is 4. The van der Waals surface area contributed by atoms with E-state index in [0.717, 1.165) is 40.8 Å². The smallest absolute Gasteiger partial charge is 0.185 e. The molecule has 110 valence electrons. The quantitative estimate of drug-likeness (QED) is 0.868. The van der Waals surface area contributed by atoms with Gasteiger partial charge in [-0.15, -0.1) is 0 Å². The number of hydrogen-bond donors (Lipinski definition) is 2. The van der Waals surface area contributed by atoms with E-state index in [9.17, 15) is 5.11 Å². The van der Waals surface area contributed by atoms with Gasteiger partial charge in [0.15, 0.2) is 10.8 Å². The lowest BCUT2D eigenvalue weighted by Crippen LogP contribution is -2.34. The Morgan fingerprint density at radius 2 is 2.15 bits per heavy atom. The van der Waals surface area contributed by atoms with Crippen molar-refractivity contribution in [1.29, 1.82) is 0 Å². The average molecular weight is 295 g/mol. The SMILES string of the molecule is Cc1nn(C)c2nc(NC[C@H](O)CN3CCCC3)sc12. The number of aliphatic hydroxyl groups excluding tert-OH is 1. The molecule has 0 bridgehead atoms. The van der Waals surface area contributed by atoms with Gasteiger partial charge in [0.05, 0.1) is 16.5 Å². The van der Waals surface area contributed by atoms with Crippen molar-refractivity contribution in [2.45, 2.75) is 25.9 Å². The normalized spacial score (nSPS) is 17.9. The summed E-state index contributed by atoms with van der Waals surface area (Å²) in [6.45, 7) is 5.51. The molecule has 1 atom stereocenters. The summed E-state index contributed by atoms with van der Waals surface area (Å²) in [6.07, 6.45) is 2.16. The molecule has 0 radical (unpaired) electrons. The maximum absolute atomic E-state index is 10.1. The fourth-order valence-corrected chi connectivity index (χ4v) is 3.63. The summed E-state index contributed by atoms with van der Waals surface area (Å²) in [4.78, 5) is 6.84. The average Bonchev–Trinajstić information content (AvgIpc) is 3.08. The molecule has 20 heavy (non-hydrogen) atoms. The molecule has 0 saturated carbocycles. The van der Waals surface area contributed by atoms with Crippen molar-refractivity contribution in [1.82, 2.24) is 19.7 Å². The zero-order chi connectivity index (χ0) is 14.1. The van der Waals surface area contributed by atoms with Gasteiger partial charge < -0.3 is 15.3 Å². The van der Waals surface area contributed by atoms with Crippen LogP contribution in [0.5, 0.6) is 0 Å². The van der Waals surface area contributed by atoms with Gasteiger partial charge in [-0.05, 0) is 32.9 Å². The summed E-state index contributed by atoms with van der Waals surface area (Å²) >= 11 is 1.60. The van der Waals surface area contributed by atoms with E-state index < -0.39 is 0 Å². The van der Waals surface area contributed by atoms with Crippen LogP contribution in [0.2, 0.25) is 0 Å². The molecule has 0 amide bonds. The van der Waals surface area contributed by atoms with Gasteiger partial charge in [0.25, 0.3) is 0 Å². The third-order valence-electron chi connectivity index (χ3n) is 3.70. The fraction of sp³-hybridized carbons (Fsp3) is 0.692. The molecule has 1 aliphatic rings. The number of aliphatic hydroxyl groups is 1. The summed E-state index contributed by atoms with van der Waals surface area (Å²) in [5.41, 5.74) is 1.91. The van der Waals surface area contributed by atoms with Crippen molar-refractivity contribution in [3.63, 3.8) is 0 Å². The molecule has 0 aliphatic carbocycles. The van der Waals surface area contributed by atoms with E-state index in [0.29, 0.717) is 6.54 Å². The first kappa shape index (κ1) is 13.8. The van der Waals surface area contributed by atoms with Crippen LogP contribution in [-0.4, -0.2) is 57.1 Å². The number of aromatic nitrogens is 3. The molecular weight excluding hydrogens is 274 g/mol. The highest BCUT2D eigenvalue weighted by Gasteiger charge is 2.16. The number of aryl methyl sites for hydroxylation is 2. The molecule has 3 rings (SSSR count). The van der Waals surface area contributed by atoms with E-state index in [1.165, 1.54) is 12.8 Å². The van der Waals surface area contributed by atoms with Crippen LogP contribution in [0.1, 0.15) is 18.5 Å². The van der Waals surface area contributed by atoms with Crippen molar-refractivity contribution in [3.05, 3.63) is 5.69 Å². The van der Waals surface area contributed by atoms with Crippen molar-refractivity contribution >= 4 is 26.8 Å². The van der Waals surface area contributed by atoms with Crippen molar-refractivity contribution < 1.29 is 5.11 Å². The third kappa shape index (κ3) is 2.79. The van der Waals surface area contributed by atoms with Gasteiger partial charge in [-0.1, -0.05) is 11.3 Å². The second-order valence-electron chi connectivity index (χ2n) is 5.42. The Morgan fingerprint density at radius 1 is 1.40 bits per heavy atom. The minimum absolute atomic E-state index is 0.348. The van der Waals surface area contributed by atoms with E-state index in [-0.39, 0.29) is 6.10 Å². The summed E-state index contributed by atoms with van der Waals surface area (Å²) in [5.74, 6) is 0. The van der Waals surface area contributed by atoms with E-state index in [2.05, 4.69) is 20.3 Å². The number of thiazole rings is 1. The topological polar surface area (TPSA) is 66.2 Å². The predicted octanol–water partition coefficient (Wildman–Crippen LogP) is 1.21. The summed E-state index contributed by atoms with van der Waals surface area (Å²) in [6, 6.07) is 0. The number of hydrogen-bond acceptors (Lipinski definition) is 6. The largest absolute Gasteiger partial charge is 0.390 e. The van der Waals surface area contributed by atoms with Gasteiger partial charge in [0, 0.05) is 20.1 Å². The highest BCUT2D eigenvalue weighted by molar-refractivity contribution is 7.22. The van der Waals surface area contributed by atoms with Crippen LogP contribution >= 0.6 is 11.3 Å². The Morgan fingerprint density at radius 3 is 2.85 bits per heavy atom. The van der Waals surface area contributed by atoms with E-state index in [4.69, 9.17) is 0 Å². The summed E-state index contributed by atoms with van der Waals surface area (Å²) in [5, 5.41) is 18.5. The lowest BCUT2D eigenvalue weighted by molar-refractivity contribution is 0.135. The Bertz CT molecular complexity index is 552. The number of nitrogens with one attached hydrogen (secondary N) is 1. The van der Waals surface area contributed by atoms with Crippen LogP contribution in [0, 0.1) is 6.92 Å². The number of likely N-dealkylation sites (tertiary alicyclic amines) is 1. The highest BCUT2D eigenvalue weighted by Crippen LogP contribution is 2.27. The Kier molecular flexibility index (Phi) is 3.91. The molecule has 2 aromatic rings. The van der Waals surface area contributed by atoms with E-state index in [1.807, 2.05) is 14.0 Å². The van der Waals surface area contributed by atoms with Crippen LogP contribution in [0.15, 0.2) is 0 Å². The standard InChI is InChI=1S/C13H21N5OS/c1-9-11-12(17(2)16-9)15-13(20-11)14-7-10(19)8-18-5-3-4-6-18/h10,19H,3-8H2,1-2H3,(H,14,15)/t10-/m0/s1. The van der Waals surface area contributed by atoms with E-state index >= 15 is 0 Å². The number of rotatable bonds is 5. The lowest BCUT2D eigenvalue weighted by Gasteiger charge is -2.19. The van der Waals surface area contributed by atoms with Gasteiger partial charge in [-0.2, -0.15) is 5.10 Å². The summed E-state index contributed by atoms with van der Waals surface area (Å²) < 4.78 is 2.91. The number of β-amino-alcohol motifs (C(OH)–C–C–N with tert-alkyl or cyclic N) is 1. The first-order valence-electron chi connectivity index (χ1n) is 7.08. The maximum Gasteiger partial charge on any atom is 0.185 e. The van der Waals surface area contributed by atoms with Gasteiger partial charge in [-0.3, -0.25) is 0 Å². The van der Waals surface area contributed by atoms with Crippen molar-refractivity contribution in [2.75, 3.05) is 31.5 Å². The monoisotopic (exact) mass is 295 g/mol. The first-order chi connectivity index (χ1) is 9.63. The minimum Gasteiger partial charge on any atom is -0.390 e. The lowest BCUT2D eigenvalue weighted by atomic mass is 10.3. The van der Waals surface area contributed by atoms with Gasteiger partial charge in [0.1, 0.15) is 0 Å². The van der Waals surface area contributed by atoms with Gasteiger partial charge in [0.2, 0.25) is 0 Å². The second kappa shape index (κ2) is 5.67.